The molecule has 1 unspecified atom stereocenters. The van der Waals surface area contributed by atoms with Gasteiger partial charge in [-0.25, -0.2) is 4.98 Å². The summed E-state index contributed by atoms with van der Waals surface area (Å²) < 4.78 is 42.8. The maximum atomic E-state index is 12.6. The Morgan fingerprint density at radius 2 is 2.05 bits per heavy atom. The van der Waals surface area contributed by atoms with E-state index in [1.54, 1.807) is 6.92 Å². The van der Waals surface area contributed by atoms with Crippen molar-refractivity contribution in [1.82, 2.24) is 10.3 Å². The number of nitrogens with zero attached hydrogens (tertiary/aromatic N) is 1. The van der Waals surface area contributed by atoms with Gasteiger partial charge in [0.1, 0.15) is 10.8 Å². The number of halogens is 4. The highest BCUT2D eigenvalue weighted by Gasteiger charge is 2.33. The topological polar surface area (TPSA) is 51.2 Å². The molecule has 1 aliphatic heterocycles. The fourth-order valence-corrected chi connectivity index (χ4v) is 2.61. The van der Waals surface area contributed by atoms with E-state index in [4.69, 9.17) is 16.3 Å². The molecule has 0 spiro atoms. The Kier molecular flexibility index (Phi) is 5.28. The van der Waals surface area contributed by atoms with E-state index in [2.05, 4.69) is 10.3 Å². The molecule has 1 aromatic rings. The lowest BCUT2D eigenvalue weighted by molar-refractivity contribution is -0.141. The van der Waals surface area contributed by atoms with Gasteiger partial charge in [0.2, 0.25) is 5.91 Å². The SMILES string of the molecule is CC(NC(=O)C1CCOCC1)c1ccc(C(F)(F)F)nc1Cl. The van der Waals surface area contributed by atoms with Crippen LogP contribution in [0.2, 0.25) is 5.15 Å². The average Bonchev–Trinajstić information content (AvgIpc) is 2.46. The summed E-state index contributed by atoms with van der Waals surface area (Å²) in [5.74, 6) is -0.288. The van der Waals surface area contributed by atoms with Crippen molar-refractivity contribution in [2.45, 2.75) is 32.0 Å². The minimum absolute atomic E-state index is 0.141. The monoisotopic (exact) mass is 336 g/mol. The zero-order valence-electron chi connectivity index (χ0n) is 11.9. The lowest BCUT2D eigenvalue weighted by atomic mass is 9.98. The number of amides is 1. The van der Waals surface area contributed by atoms with Gasteiger partial charge in [-0.2, -0.15) is 13.2 Å². The summed E-state index contributed by atoms with van der Waals surface area (Å²) in [7, 11) is 0. The molecule has 0 saturated carbocycles. The summed E-state index contributed by atoms with van der Waals surface area (Å²) in [6.45, 7) is 2.73. The largest absolute Gasteiger partial charge is 0.433 e. The molecule has 4 nitrogen and oxygen atoms in total. The zero-order chi connectivity index (χ0) is 16.3. The molecule has 2 heterocycles. The molecule has 1 saturated heterocycles. The first kappa shape index (κ1) is 17.0. The first-order chi connectivity index (χ1) is 10.3. The Morgan fingerprint density at radius 1 is 1.41 bits per heavy atom. The van der Waals surface area contributed by atoms with Crippen LogP contribution in [0.25, 0.3) is 0 Å². The molecule has 0 aromatic carbocycles. The van der Waals surface area contributed by atoms with Gasteiger partial charge in [0, 0.05) is 24.7 Å². The fourth-order valence-electron chi connectivity index (χ4n) is 2.29. The van der Waals surface area contributed by atoms with Gasteiger partial charge in [0.25, 0.3) is 0 Å². The van der Waals surface area contributed by atoms with Crippen molar-refractivity contribution in [3.8, 4) is 0 Å². The number of aromatic nitrogens is 1. The third kappa shape index (κ3) is 4.10. The molecule has 1 N–H and O–H groups in total. The predicted molar refractivity (Wildman–Crippen MR) is 74.3 cm³/mol. The van der Waals surface area contributed by atoms with Gasteiger partial charge in [0.05, 0.1) is 6.04 Å². The molecule has 1 amide bonds. The first-order valence-electron chi connectivity index (χ1n) is 6.91. The Balaban J connectivity index is 2.06. The van der Waals surface area contributed by atoms with Crippen molar-refractivity contribution < 1.29 is 22.7 Å². The molecule has 22 heavy (non-hydrogen) atoms. The minimum atomic E-state index is -4.54. The summed E-state index contributed by atoms with van der Waals surface area (Å²) in [6, 6.07) is 1.59. The third-order valence-corrected chi connectivity index (χ3v) is 3.89. The molecule has 0 bridgehead atoms. The number of hydrogen-bond donors (Lipinski definition) is 1. The van der Waals surface area contributed by atoms with Crippen molar-refractivity contribution in [3.63, 3.8) is 0 Å². The Morgan fingerprint density at radius 3 is 2.59 bits per heavy atom. The highest BCUT2D eigenvalue weighted by Crippen LogP contribution is 2.31. The summed E-state index contributed by atoms with van der Waals surface area (Å²) in [4.78, 5) is 15.5. The molecule has 122 valence electrons. The van der Waals surface area contributed by atoms with Crippen molar-refractivity contribution in [1.29, 1.82) is 0 Å². The van der Waals surface area contributed by atoms with Crippen molar-refractivity contribution in [2.24, 2.45) is 5.92 Å². The standard InChI is InChI=1S/C14H16ClF3N2O2/c1-8(19-13(21)9-4-6-22-7-5-9)10-2-3-11(14(16,17)18)20-12(10)15/h2-3,8-9H,4-7H2,1H3,(H,19,21). The highest BCUT2D eigenvalue weighted by molar-refractivity contribution is 6.30. The van der Waals surface area contributed by atoms with Crippen molar-refractivity contribution in [2.75, 3.05) is 13.2 Å². The molecule has 1 aromatic heterocycles. The molecule has 2 rings (SSSR count). The van der Waals surface area contributed by atoms with Crippen LogP contribution in [0.4, 0.5) is 13.2 Å². The van der Waals surface area contributed by atoms with E-state index in [0.717, 1.165) is 6.07 Å². The number of alkyl halides is 3. The van der Waals surface area contributed by atoms with Crippen molar-refractivity contribution >= 4 is 17.5 Å². The van der Waals surface area contributed by atoms with E-state index in [1.807, 2.05) is 0 Å². The Labute approximate surface area is 131 Å². The lowest BCUT2D eigenvalue weighted by Gasteiger charge is -2.24. The smallest absolute Gasteiger partial charge is 0.381 e. The third-order valence-electron chi connectivity index (χ3n) is 3.59. The minimum Gasteiger partial charge on any atom is -0.381 e. The van der Waals surface area contributed by atoms with Crippen LogP contribution in [0.15, 0.2) is 12.1 Å². The molecule has 1 aliphatic rings. The number of ether oxygens (including phenoxy) is 1. The second kappa shape index (κ2) is 6.83. The van der Waals surface area contributed by atoms with E-state index in [9.17, 15) is 18.0 Å². The van der Waals surface area contributed by atoms with Gasteiger partial charge in [-0.3, -0.25) is 4.79 Å². The molecule has 0 radical (unpaired) electrons. The summed E-state index contributed by atoms with van der Waals surface area (Å²) in [5, 5.41) is 2.51. The van der Waals surface area contributed by atoms with Crippen LogP contribution >= 0.6 is 11.6 Å². The van der Waals surface area contributed by atoms with Crippen LogP contribution in [-0.2, 0) is 15.7 Å². The number of hydrogen-bond acceptors (Lipinski definition) is 3. The van der Waals surface area contributed by atoms with E-state index in [1.165, 1.54) is 6.07 Å². The van der Waals surface area contributed by atoms with E-state index >= 15 is 0 Å². The van der Waals surface area contributed by atoms with Crippen molar-refractivity contribution in [3.05, 3.63) is 28.5 Å². The van der Waals surface area contributed by atoms with Gasteiger partial charge < -0.3 is 10.1 Å². The van der Waals surface area contributed by atoms with Crippen LogP contribution in [0.5, 0.6) is 0 Å². The van der Waals surface area contributed by atoms with Crippen LogP contribution in [0.1, 0.15) is 37.1 Å². The summed E-state index contributed by atoms with van der Waals surface area (Å²) in [5.41, 5.74) is -0.695. The van der Waals surface area contributed by atoms with E-state index < -0.39 is 17.9 Å². The van der Waals surface area contributed by atoms with Gasteiger partial charge in [-0.15, -0.1) is 0 Å². The zero-order valence-corrected chi connectivity index (χ0v) is 12.7. The number of carbonyl (C=O) groups excluding carboxylic acids is 1. The maximum absolute atomic E-state index is 12.6. The second-order valence-corrected chi connectivity index (χ2v) is 5.55. The van der Waals surface area contributed by atoms with Crippen LogP contribution in [0, 0.1) is 5.92 Å². The normalized spacial score (nSPS) is 18.0. The van der Waals surface area contributed by atoms with Crippen LogP contribution in [0.3, 0.4) is 0 Å². The quantitative estimate of drug-likeness (QED) is 0.861. The Bertz CT molecular complexity index is 545. The molecular formula is C14H16ClF3N2O2. The van der Waals surface area contributed by atoms with Crippen LogP contribution in [-0.4, -0.2) is 24.1 Å². The van der Waals surface area contributed by atoms with Gasteiger partial charge in [-0.05, 0) is 25.8 Å². The van der Waals surface area contributed by atoms with E-state index in [0.29, 0.717) is 31.6 Å². The molecule has 1 atom stereocenters. The second-order valence-electron chi connectivity index (χ2n) is 5.19. The number of rotatable bonds is 3. The Hall–Kier alpha value is -1.34. The fraction of sp³-hybridized carbons (Fsp3) is 0.571. The van der Waals surface area contributed by atoms with Crippen LogP contribution < -0.4 is 5.32 Å². The number of pyridine rings is 1. The van der Waals surface area contributed by atoms with Gasteiger partial charge in [-0.1, -0.05) is 17.7 Å². The number of nitrogens with one attached hydrogen (secondary N) is 1. The highest BCUT2D eigenvalue weighted by atomic mass is 35.5. The first-order valence-corrected chi connectivity index (χ1v) is 7.28. The molecule has 8 heteroatoms. The molecule has 1 fully saturated rings. The van der Waals surface area contributed by atoms with E-state index in [-0.39, 0.29) is 17.0 Å². The predicted octanol–water partition coefficient (Wildman–Crippen LogP) is 3.36. The van der Waals surface area contributed by atoms with Gasteiger partial charge in [0.15, 0.2) is 0 Å². The number of carbonyl (C=O) groups is 1. The summed E-state index contributed by atoms with van der Waals surface area (Å²) in [6.07, 6.45) is -3.27. The average molecular weight is 337 g/mol. The molecular weight excluding hydrogens is 321 g/mol. The molecule has 0 aliphatic carbocycles. The van der Waals surface area contributed by atoms with Gasteiger partial charge >= 0.3 is 6.18 Å². The lowest BCUT2D eigenvalue weighted by Crippen LogP contribution is -2.35. The summed E-state index contributed by atoms with van der Waals surface area (Å²) >= 11 is 5.82. The maximum Gasteiger partial charge on any atom is 0.433 e.